The van der Waals surface area contributed by atoms with Crippen LogP contribution in [0.3, 0.4) is 0 Å². The summed E-state index contributed by atoms with van der Waals surface area (Å²) in [5.41, 5.74) is 0.845. The van der Waals surface area contributed by atoms with Crippen molar-refractivity contribution in [2.45, 2.75) is 13.5 Å². The molecule has 0 aliphatic heterocycles. The minimum Gasteiger partial charge on any atom is -0.465 e. The van der Waals surface area contributed by atoms with Crippen molar-refractivity contribution in [2.24, 2.45) is 0 Å². The molecule has 2 rings (SSSR count). The van der Waals surface area contributed by atoms with E-state index in [0.717, 1.165) is 12.2 Å². The summed E-state index contributed by atoms with van der Waals surface area (Å²) in [5, 5.41) is 7.84. The van der Waals surface area contributed by atoms with Gasteiger partial charge < -0.3 is 10.1 Å². The number of esters is 1. The van der Waals surface area contributed by atoms with Crippen LogP contribution in [0.25, 0.3) is 0 Å². The lowest BCUT2D eigenvalue weighted by Crippen LogP contribution is -1.96. The molecule has 90 valence electrons. The first kappa shape index (κ1) is 11.6. The van der Waals surface area contributed by atoms with Crippen LogP contribution in [0.4, 0.5) is 10.8 Å². The molecule has 0 saturated heterocycles. The van der Waals surface area contributed by atoms with Crippen molar-refractivity contribution in [3.05, 3.63) is 23.5 Å². The Morgan fingerprint density at radius 3 is 3.06 bits per heavy atom. The fourth-order valence-electron chi connectivity index (χ4n) is 1.25. The number of anilines is 2. The van der Waals surface area contributed by atoms with E-state index in [1.807, 2.05) is 13.1 Å². The molecule has 2 heterocycles. The van der Waals surface area contributed by atoms with Gasteiger partial charge in [-0.2, -0.15) is 5.10 Å². The van der Waals surface area contributed by atoms with E-state index in [9.17, 15) is 4.79 Å². The van der Waals surface area contributed by atoms with Crippen molar-refractivity contribution in [2.75, 3.05) is 12.4 Å². The van der Waals surface area contributed by atoms with E-state index in [1.165, 1.54) is 24.6 Å². The summed E-state index contributed by atoms with van der Waals surface area (Å²) >= 11 is 1.24. The van der Waals surface area contributed by atoms with Gasteiger partial charge in [0.05, 0.1) is 25.2 Å². The quantitative estimate of drug-likeness (QED) is 0.841. The minimum atomic E-state index is -0.375. The van der Waals surface area contributed by atoms with Crippen molar-refractivity contribution >= 4 is 28.1 Å². The van der Waals surface area contributed by atoms with Gasteiger partial charge in [-0.3, -0.25) is 4.68 Å². The lowest BCUT2D eigenvalue weighted by atomic mass is 10.6. The summed E-state index contributed by atoms with van der Waals surface area (Å²) in [5.74, 6) is -0.375. The Labute approximate surface area is 102 Å². The largest absolute Gasteiger partial charge is 0.465 e. The second-order valence-electron chi connectivity index (χ2n) is 3.23. The van der Waals surface area contributed by atoms with Crippen LogP contribution in [0.15, 0.2) is 18.6 Å². The Balaban J connectivity index is 2.08. The van der Waals surface area contributed by atoms with Gasteiger partial charge in [-0.15, -0.1) is 0 Å². The average Bonchev–Trinajstić information content (AvgIpc) is 2.97. The van der Waals surface area contributed by atoms with Gasteiger partial charge in [0.2, 0.25) is 0 Å². The van der Waals surface area contributed by atoms with E-state index in [2.05, 4.69) is 20.1 Å². The Bertz CT molecular complexity index is 520. The smallest absolute Gasteiger partial charge is 0.349 e. The van der Waals surface area contributed by atoms with Crippen LogP contribution in [0, 0.1) is 0 Å². The third-order valence-electron chi connectivity index (χ3n) is 2.10. The van der Waals surface area contributed by atoms with Crippen molar-refractivity contribution in [3.63, 3.8) is 0 Å². The van der Waals surface area contributed by atoms with E-state index in [1.54, 1.807) is 10.9 Å². The molecule has 2 aromatic rings. The highest BCUT2D eigenvalue weighted by molar-refractivity contribution is 7.17. The Kier molecular flexibility index (Phi) is 3.38. The first-order valence-electron chi connectivity index (χ1n) is 5.06. The molecule has 6 nitrogen and oxygen atoms in total. The summed E-state index contributed by atoms with van der Waals surface area (Å²) in [7, 11) is 1.35. The van der Waals surface area contributed by atoms with Gasteiger partial charge in [0.1, 0.15) is 4.88 Å². The number of ether oxygens (including phenoxy) is 1. The molecule has 0 saturated carbocycles. The molecule has 0 amide bonds. The lowest BCUT2D eigenvalue weighted by Gasteiger charge is -1.96. The van der Waals surface area contributed by atoms with Gasteiger partial charge in [-0.05, 0) is 6.92 Å². The number of carbonyl (C=O) groups is 1. The zero-order chi connectivity index (χ0) is 12.3. The second kappa shape index (κ2) is 4.96. The number of nitrogens with one attached hydrogen (secondary N) is 1. The Morgan fingerprint density at radius 2 is 2.41 bits per heavy atom. The number of hydrogen-bond acceptors (Lipinski definition) is 6. The summed E-state index contributed by atoms with van der Waals surface area (Å²) in [6.45, 7) is 2.82. The van der Waals surface area contributed by atoms with Gasteiger partial charge in [-0.1, -0.05) is 11.3 Å². The first-order chi connectivity index (χ1) is 8.22. The zero-order valence-corrected chi connectivity index (χ0v) is 10.3. The van der Waals surface area contributed by atoms with Crippen LogP contribution in [0.2, 0.25) is 0 Å². The number of carbonyl (C=O) groups excluding carboxylic acids is 1. The summed E-state index contributed by atoms with van der Waals surface area (Å²) < 4.78 is 6.41. The highest BCUT2D eigenvalue weighted by Crippen LogP contribution is 2.22. The fourth-order valence-corrected chi connectivity index (χ4v) is 2.01. The Hall–Kier alpha value is -1.89. The second-order valence-corrected chi connectivity index (χ2v) is 4.26. The molecule has 0 atom stereocenters. The number of methoxy groups -OCH3 is 1. The molecule has 0 aromatic carbocycles. The maximum absolute atomic E-state index is 11.2. The molecule has 17 heavy (non-hydrogen) atoms. The van der Waals surface area contributed by atoms with Crippen molar-refractivity contribution in [1.82, 2.24) is 14.8 Å². The molecular formula is C10H12N4O2S. The number of rotatable bonds is 4. The highest BCUT2D eigenvalue weighted by atomic mass is 32.1. The SMILES string of the molecule is CCn1cc(Nc2ncc(C(=O)OC)s2)cn1. The van der Waals surface area contributed by atoms with Gasteiger partial charge in [0.15, 0.2) is 5.13 Å². The maximum Gasteiger partial charge on any atom is 0.349 e. The van der Waals surface area contributed by atoms with Crippen LogP contribution in [-0.4, -0.2) is 27.8 Å². The lowest BCUT2D eigenvalue weighted by molar-refractivity contribution is 0.0606. The van der Waals surface area contributed by atoms with E-state index < -0.39 is 0 Å². The van der Waals surface area contributed by atoms with Crippen LogP contribution >= 0.6 is 11.3 Å². The minimum absolute atomic E-state index is 0.375. The van der Waals surface area contributed by atoms with Crippen molar-refractivity contribution in [1.29, 1.82) is 0 Å². The predicted octanol–water partition coefficient (Wildman–Crippen LogP) is 1.89. The standard InChI is InChI=1S/C10H12N4O2S/c1-3-14-6-7(4-12-14)13-10-11-5-8(17-10)9(15)16-2/h4-6H,3H2,1-2H3,(H,11,13). The molecular weight excluding hydrogens is 240 g/mol. The number of aryl methyl sites for hydroxylation is 1. The van der Waals surface area contributed by atoms with E-state index in [4.69, 9.17) is 0 Å². The predicted molar refractivity (Wildman–Crippen MR) is 64.6 cm³/mol. The third-order valence-corrected chi connectivity index (χ3v) is 2.99. The van der Waals surface area contributed by atoms with Gasteiger partial charge in [0.25, 0.3) is 0 Å². The zero-order valence-electron chi connectivity index (χ0n) is 9.51. The van der Waals surface area contributed by atoms with Crippen LogP contribution in [-0.2, 0) is 11.3 Å². The summed E-state index contributed by atoms with van der Waals surface area (Å²) in [4.78, 5) is 15.8. The molecule has 7 heteroatoms. The normalized spacial score (nSPS) is 10.2. The topological polar surface area (TPSA) is 69.0 Å². The number of nitrogens with zero attached hydrogens (tertiary/aromatic N) is 3. The van der Waals surface area contributed by atoms with Gasteiger partial charge in [0, 0.05) is 12.7 Å². The van der Waals surface area contributed by atoms with Gasteiger partial charge >= 0.3 is 5.97 Å². The molecule has 0 bridgehead atoms. The van der Waals surface area contributed by atoms with E-state index >= 15 is 0 Å². The van der Waals surface area contributed by atoms with Crippen molar-refractivity contribution in [3.8, 4) is 0 Å². The molecule has 1 N–H and O–H groups in total. The number of hydrogen-bond donors (Lipinski definition) is 1. The molecule has 0 radical (unpaired) electrons. The molecule has 0 fully saturated rings. The number of thiazole rings is 1. The number of aromatic nitrogens is 3. The summed E-state index contributed by atoms with van der Waals surface area (Å²) in [6, 6.07) is 0. The molecule has 0 aliphatic rings. The fraction of sp³-hybridized carbons (Fsp3) is 0.300. The van der Waals surface area contributed by atoms with Gasteiger partial charge in [-0.25, -0.2) is 9.78 Å². The van der Waals surface area contributed by atoms with E-state index in [-0.39, 0.29) is 5.97 Å². The van der Waals surface area contributed by atoms with Crippen LogP contribution < -0.4 is 5.32 Å². The Morgan fingerprint density at radius 1 is 1.59 bits per heavy atom. The average molecular weight is 252 g/mol. The van der Waals surface area contributed by atoms with Crippen LogP contribution in [0.1, 0.15) is 16.6 Å². The van der Waals surface area contributed by atoms with E-state index in [0.29, 0.717) is 10.0 Å². The first-order valence-corrected chi connectivity index (χ1v) is 5.88. The maximum atomic E-state index is 11.2. The summed E-state index contributed by atoms with van der Waals surface area (Å²) in [6.07, 6.45) is 5.07. The molecule has 0 spiro atoms. The third kappa shape index (κ3) is 2.62. The monoisotopic (exact) mass is 252 g/mol. The van der Waals surface area contributed by atoms with Crippen molar-refractivity contribution < 1.29 is 9.53 Å². The highest BCUT2D eigenvalue weighted by Gasteiger charge is 2.10. The molecule has 0 aliphatic carbocycles. The van der Waals surface area contributed by atoms with Crippen LogP contribution in [0.5, 0.6) is 0 Å². The molecule has 2 aromatic heterocycles. The molecule has 0 unspecified atom stereocenters.